The number of halogens is 1. The number of rotatable bonds is 3. The highest BCUT2D eigenvalue weighted by atomic mass is 35.5. The summed E-state index contributed by atoms with van der Waals surface area (Å²) in [5.41, 5.74) is -0.532. The second kappa shape index (κ2) is 12.5. The molecule has 43 heavy (non-hydrogen) atoms. The van der Waals surface area contributed by atoms with Crippen molar-refractivity contribution in [1.82, 2.24) is 5.32 Å². The summed E-state index contributed by atoms with van der Waals surface area (Å²) in [7, 11) is 3.08. The molecule has 10 nitrogen and oxygen atoms in total. The second-order valence-electron chi connectivity index (χ2n) is 12.3. The Kier molecular flexibility index (Phi) is 9.56. The Hall–Kier alpha value is -3.05. The number of allylic oxidation sites excluding steroid dienone is 3. The Balaban J connectivity index is 1.78. The number of hydrogen-bond acceptors (Lipinski definition) is 9. The lowest BCUT2D eigenvalue weighted by molar-refractivity contribution is -0.159. The number of benzene rings is 1. The van der Waals surface area contributed by atoms with E-state index in [-0.39, 0.29) is 41.3 Å². The highest BCUT2D eigenvalue weighted by molar-refractivity contribution is 6.35. The fourth-order valence-electron chi connectivity index (χ4n) is 5.86. The first kappa shape index (κ1) is 32.9. The second-order valence-corrected chi connectivity index (χ2v) is 12.7. The predicted molar refractivity (Wildman–Crippen MR) is 162 cm³/mol. The lowest BCUT2D eigenvalue weighted by atomic mass is 9.83. The quantitative estimate of drug-likeness (QED) is 0.334. The number of nitrogens with zero attached hydrogens (tertiary/aromatic N) is 1. The molecule has 1 amide bonds. The van der Waals surface area contributed by atoms with Gasteiger partial charge in [-0.25, -0.2) is 0 Å². The number of anilines is 1. The van der Waals surface area contributed by atoms with E-state index >= 15 is 0 Å². The number of aliphatic hydroxyl groups is 1. The largest absolute Gasteiger partial charge is 0.506 e. The van der Waals surface area contributed by atoms with Gasteiger partial charge in [-0.1, -0.05) is 56.2 Å². The third-order valence-electron chi connectivity index (χ3n) is 8.55. The van der Waals surface area contributed by atoms with Gasteiger partial charge in [-0.05, 0) is 44.5 Å². The first-order valence-corrected chi connectivity index (χ1v) is 14.9. The van der Waals surface area contributed by atoms with E-state index in [4.69, 9.17) is 30.5 Å². The molecule has 0 spiro atoms. The minimum Gasteiger partial charge on any atom is -0.506 e. The van der Waals surface area contributed by atoms with Gasteiger partial charge in [-0.15, -0.1) is 0 Å². The number of nitrogens with one attached hydrogen (secondary N) is 1. The summed E-state index contributed by atoms with van der Waals surface area (Å²) in [4.78, 5) is 27.8. The van der Waals surface area contributed by atoms with E-state index in [9.17, 15) is 19.8 Å². The molecule has 2 saturated heterocycles. The van der Waals surface area contributed by atoms with Crippen LogP contribution in [0.15, 0.2) is 48.4 Å². The van der Waals surface area contributed by atoms with E-state index in [2.05, 4.69) is 11.9 Å². The van der Waals surface area contributed by atoms with Crippen LogP contribution in [0.5, 0.6) is 5.75 Å². The van der Waals surface area contributed by atoms with Crippen LogP contribution in [0, 0.1) is 11.8 Å². The van der Waals surface area contributed by atoms with Crippen molar-refractivity contribution in [3.8, 4) is 5.75 Å². The minimum absolute atomic E-state index is 0.0384. The van der Waals surface area contributed by atoms with Gasteiger partial charge in [0.2, 0.25) is 5.91 Å². The number of carbonyl (C=O) groups is 2. The van der Waals surface area contributed by atoms with E-state index in [1.165, 1.54) is 12.0 Å². The highest BCUT2D eigenvalue weighted by Crippen LogP contribution is 2.49. The third-order valence-corrected chi connectivity index (χ3v) is 8.93. The SMILES string of the molecule is C=C1NC2(O)CC(O1)C(C)C1OC1(C)C(OC(=O)C(C)C)CC(=O)N(C)c1cc(cc(O)c1Cl)C/C(C)=C/C=C/C2OC. The van der Waals surface area contributed by atoms with Gasteiger partial charge in [0.15, 0.2) is 11.6 Å². The Morgan fingerprint density at radius 1 is 1.33 bits per heavy atom. The van der Waals surface area contributed by atoms with Crippen LogP contribution in [-0.2, 0) is 35.0 Å². The van der Waals surface area contributed by atoms with Crippen molar-refractivity contribution < 1.29 is 38.7 Å². The molecule has 0 saturated carbocycles. The van der Waals surface area contributed by atoms with Gasteiger partial charge in [-0.3, -0.25) is 9.59 Å². The van der Waals surface area contributed by atoms with Crippen LogP contribution in [-0.4, -0.2) is 72.0 Å². The lowest BCUT2D eigenvalue weighted by Crippen LogP contribution is -2.60. The zero-order valence-corrected chi connectivity index (χ0v) is 26.6. The van der Waals surface area contributed by atoms with Crippen molar-refractivity contribution in [2.75, 3.05) is 19.1 Å². The fraction of sp³-hybridized carbons (Fsp3) is 0.562. The Morgan fingerprint density at radius 2 is 2.02 bits per heavy atom. The molecule has 4 bridgehead atoms. The summed E-state index contributed by atoms with van der Waals surface area (Å²) in [6, 6.07) is 3.31. The van der Waals surface area contributed by atoms with Crippen LogP contribution in [0.25, 0.3) is 0 Å². The summed E-state index contributed by atoms with van der Waals surface area (Å²) >= 11 is 6.46. The van der Waals surface area contributed by atoms with E-state index in [1.54, 1.807) is 52.1 Å². The summed E-state index contributed by atoms with van der Waals surface area (Å²) in [5.74, 6) is -1.52. The number of phenolic OH excluding ortho intramolecular Hbond substituents is 1. The van der Waals surface area contributed by atoms with Gasteiger partial charge < -0.3 is 39.4 Å². The molecule has 4 rings (SSSR count). The molecule has 0 radical (unpaired) electrons. The van der Waals surface area contributed by atoms with Gasteiger partial charge in [0, 0.05) is 26.5 Å². The van der Waals surface area contributed by atoms with Crippen LogP contribution in [0.1, 0.15) is 53.0 Å². The number of ether oxygens (including phenoxy) is 4. The van der Waals surface area contributed by atoms with Crippen molar-refractivity contribution in [2.45, 2.75) is 89.6 Å². The van der Waals surface area contributed by atoms with Gasteiger partial charge in [0.25, 0.3) is 0 Å². The lowest BCUT2D eigenvalue weighted by Gasteiger charge is -2.44. The number of aromatic hydroxyl groups is 1. The molecule has 3 aliphatic heterocycles. The number of phenols is 1. The number of esters is 1. The average Bonchev–Trinajstić information content (AvgIpc) is 3.62. The van der Waals surface area contributed by atoms with E-state index in [0.29, 0.717) is 12.1 Å². The maximum absolute atomic E-state index is 13.7. The van der Waals surface area contributed by atoms with Gasteiger partial charge >= 0.3 is 5.97 Å². The predicted octanol–water partition coefficient (Wildman–Crippen LogP) is 4.37. The maximum atomic E-state index is 13.7. The van der Waals surface area contributed by atoms with Crippen LogP contribution in [0.2, 0.25) is 5.02 Å². The maximum Gasteiger partial charge on any atom is 0.308 e. The first-order chi connectivity index (χ1) is 20.1. The smallest absolute Gasteiger partial charge is 0.308 e. The molecule has 236 valence electrons. The summed E-state index contributed by atoms with van der Waals surface area (Å²) in [6.07, 6.45) is 3.19. The van der Waals surface area contributed by atoms with E-state index in [0.717, 1.165) is 11.1 Å². The Morgan fingerprint density at radius 3 is 2.67 bits per heavy atom. The Bertz CT molecular complexity index is 1330. The summed E-state index contributed by atoms with van der Waals surface area (Å²) in [5, 5.41) is 25.3. The number of amides is 1. The topological polar surface area (TPSA) is 130 Å². The van der Waals surface area contributed by atoms with Crippen molar-refractivity contribution in [1.29, 1.82) is 0 Å². The van der Waals surface area contributed by atoms with Gasteiger partial charge in [-0.2, -0.15) is 0 Å². The monoisotopic (exact) mass is 618 g/mol. The summed E-state index contributed by atoms with van der Waals surface area (Å²) < 4.78 is 23.8. The molecule has 2 fully saturated rings. The molecule has 0 aliphatic carbocycles. The van der Waals surface area contributed by atoms with Crippen LogP contribution in [0.3, 0.4) is 0 Å². The molecule has 3 N–H and O–H groups in total. The Labute approximate surface area is 258 Å². The van der Waals surface area contributed by atoms with Crippen LogP contribution in [0.4, 0.5) is 5.69 Å². The average molecular weight is 619 g/mol. The minimum atomic E-state index is -1.53. The standard InChI is InChI=1S/C32H43ClN2O8/c1-17(2)30(38)42-26-15-27(37)35(7)22-13-21(14-23(36)28(22)33)12-18(3)10-9-11-25(40-8)32(39)16-24(41-20(5)34-32)19(4)29-31(26,6)43-29/h9-11,13-14,17,19,24-26,29,34,36,39H,5,12,15-16H2,1-4,6-8H3/b11-9+,18-10+. The molecule has 7 atom stereocenters. The number of epoxide rings is 1. The van der Waals surface area contributed by atoms with E-state index in [1.807, 2.05) is 19.9 Å². The number of carbonyl (C=O) groups excluding carboxylic acids is 2. The third kappa shape index (κ3) is 6.87. The zero-order chi connectivity index (χ0) is 31.9. The van der Waals surface area contributed by atoms with E-state index < -0.39 is 47.6 Å². The molecule has 1 aromatic rings. The molecule has 11 heteroatoms. The molecule has 7 unspecified atom stereocenters. The molecule has 0 aromatic heterocycles. The molecule has 3 aliphatic rings. The summed E-state index contributed by atoms with van der Waals surface area (Å²) in [6.45, 7) is 13.0. The fourth-order valence-corrected chi connectivity index (χ4v) is 6.09. The van der Waals surface area contributed by atoms with Crippen molar-refractivity contribution in [2.24, 2.45) is 11.8 Å². The molecular formula is C32H43ClN2O8. The normalized spacial score (nSPS) is 35.3. The van der Waals surface area contributed by atoms with Crippen molar-refractivity contribution in [3.05, 3.63) is 59.0 Å². The molecule has 1 aromatic carbocycles. The van der Waals surface area contributed by atoms with Crippen molar-refractivity contribution in [3.63, 3.8) is 0 Å². The van der Waals surface area contributed by atoms with Crippen LogP contribution >= 0.6 is 11.6 Å². The highest BCUT2D eigenvalue weighted by Gasteiger charge is 2.64. The number of hydrogen-bond donors (Lipinski definition) is 3. The van der Waals surface area contributed by atoms with Gasteiger partial charge in [0.1, 0.15) is 34.7 Å². The first-order valence-electron chi connectivity index (χ1n) is 14.5. The molecular weight excluding hydrogens is 576 g/mol. The molecule has 3 heterocycles. The number of fused-ring (bicyclic) bond motifs is 5. The van der Waals surface area contributed by atoms with Crippen molar-refractivity contribution >= 4 is 29.2 Å². The van der Waals surface area contributed by atoms with Crippen LogP contribution < -0.4 is 10.2 Å². The zero-order valence-electron chi connectivity index (χ0n) is 25.8. The number of methoxy groups -OCH3 is 1. The van der Waals surface area contributed by atoms with Gasteiger partial charge in [0.05, 0.1) is 24.1 Å².